The molecule has 1 aliphatic rings. The highest BCUT2D eigenvalue weighted by molar-refractivity contribution is 6.12. The third-order valence-corrected chi connectivity index (χ3v) is 1.98. The molecule has 0 saturated heterocycles. The topological polar surface area (TPSA) is 46.2 Å². The van der Waals surface area contributed by atoms with Crippen LogP contribution < -0.4 is 5.32 Å². The molecule has 1 aliphatic heterocycles. The number of carbonyl (C=O) groups is 2. The fraction of sp³-hybridized carbons (Fsp3) is 0.333. The van der Waals surface area contributed by atoms with E-state index < -0.39 is 5.54 Å². The summed E-state index contributed by atoms with van der Waals surface area (Å²) in [5.74, 6) is -0.369. The predicted molar refractivity (Wildman–Crippen MR) is 45.5 cm³/mol. The summed E-state index contributed by atoms with van der Waals surface area (Å²) in [5.41, 5.74) is -1.12. The zero-order chi connectivity index (χ0) is 9.19. The van der Waals surface area contributed by atoms with Crippen LogP contribution in [0.5, 0.6) is 0 Å². The Hall–Kier alpha value is -1.38. The summed E-state index contributed by atoms with van der Waals surface area (Å²) < 4.78 is 0. The number of ketones is 2. The predicted octanol–water partition coefficient (Wildman–Crippen LogP) is 0.576. The van der Waals surface area contributed by atoms with Gasteiger partial charge >= 0.3 is 0 Å². The average Bonchev–Trinajstić information content (AvgIpc) is 2.05. The van der Waals surface area contributed by atoms with E-state index in [2.05, 4.69) is 5.32 Å². The molecule has 0 spiro atoms. The minimum Gasteiger partial charge on any atom is -0.370 e. The summed E-state index contributed by atoms with van der Waals surface area (Å²) in [6.07, 6.45) is 6.61. The smallest absolute Gasteiger partial charge is 0.173 e. The number of Topliss-reactive ketones (excluding diaryl/α,β-unsaturated/α-hetero) is 2. The first-order chi connectivity index (χ1) is 5.59. The minimum absolute atomic E-state index is 0.185. The van der Waals surface area contributed by atoms with Gasteiger partial charge in [0.05, 0.1) is 0 Å². The molecular weight excluding hydrogens is 154 g/mol. The van der Waals surface area contributed by atoms with Crippen molar-refractivity contribution in [1.29, 1.82) is 0 Å². The van der Waals surface area contributed by atoms with Crippen molar-refractivity contribution in [3.8, 4) is 0 Å². The summed E-state index contributed by atoms with van der Waals surface area (Å²) >= 11 is 0. The van der Waals surface area contributed by atoms with Crippen LogP contribution in [0.3, 0.4) is 0 Å². The van der Waals surface area contributed by atoms with Gasteiger partial charge in [0.25, 0.3) is 0 Å². The molecule has 0 atom stereocenters. The highest BCUT2D eigenvalue weighted by Crippen LogP contribution is 2.13. The standard InChI is InChI=1S/C9H11NO2/c1-7(11)9(8(2)12)5-3-4-6-10-9/h3-6,10H,1-2H3. The lowest BCUT2D eigenvalue weighted by atomic mass is 9.89. The molecule has 0 aromatic heterocycles. The lowest BCUT2D eigenvalue weighted by Crippen LogP contribution is -2.53. The van der Waals surface area contributed by atoms with Crippen molar-refractivity contribution in [2.45, 2.75) is 19.4 Å². The number of hydrogen-bond donors (Lipinski definition) is 1. The molecule has 0 radical (unpaired) electrons. The van der Waals surface area contributed by atoms with Crippen molar-refractivity contribution in [3.05, 3.63) is 24.4 Å². The van der Waals surface area contributed by atoms with Gasteiger partial charge in [-0.2, -0.15) is 0 Å². The molecule has 3 heteroatoms. The van der Waals surface area contributed by atoms with E-state index in [0.29, 0.717) is 0 Å². The molecule has 0 saturated carbocycles. The zero-order valence-corrected chi connectivity index (χ0v) is 7.13. The molecule has 0 aliphatic carbocycles. The van der Waals surface area contributed by atoms with Crippen molar-refractivity contribution < 1.29 is 9.59 Å². The SMILES string of the molecule is CC(=O)C1(C(C)=O)C=CC=CN1. The van der Waals surface area contributed by atoms with E-state index in [-0.39, 0.29) is 11.6 Å². The van der Waals surface area contributed by atoms with E-state index in [1.165, 1.54) is 13.8 Å². The van der Waals surface area contributed by atoms with E-state index in [9.17, 15) is 9.59 Å². The second kappa shape index (κ2) is 2.93. The Morgan fingerprint density at radius 1 is 1.17 bits per heavy atom. The van der Waals surface area contributed by atoms with Crippen LogP contribution in [0.1, 0.15) is 13.8 Å². The Morgan fingerprint density at radius 2 is 1.75 bits per heavy atom. The number of dihydropyridines is 1. The van der Waals surface area contributed by atoms with Gasteiger partial charge in [-0.25, -0.2) is 0 Å². The van der Waals surface area contributed by atoms with Crippen LogP contribution in [0.25, 0.3) is 0 Å². The lowest BCUT2D eigenvalue weighted by molar-refractivity contribution is -0.131. The quantitative estimate of drug-likeness (QED) is 0.609. The summed E-state index contributed by atoms with van der Waals surface area (Å²) in [6.45, 7) is 2.80. The third-order valence-electron chi connectivity index (χ3n) is 1.98. The number of rotatable bonds is 2. The molecule has 0 amide bonds. The van der Waals surface area contributed by atoms with Crippen molar-refractivity contribution in [2.75, 3.05) is 0 Å². The van der Waals surface area contributed by atoms with Gasteiger partial charge in [0.15, 0.2) is 17.1 Å². The summed E-state index contributed by atoms with van der Waals surface area (Å²) in [4.78, 5) is 22.4. The monoisotopic (exact) mass is 165 g/mol. The highest BCUT2D eigenvalue weighted by Gasteiger charge is 2.37. The zero-order valence-electron chi connectivity index (χ0n) is 7.13. The number of allylic oxidation sites excluding steroid dienone is 2. The molecule has 1 N–H and O–H groups in total. The normalized spacial score (nSPS) is 18.5. The van der Waals surface area contributed by atoms with Crippen molar-refractivity contribution in [2.24, 2.45) is 0 Å². The number of hydrogen-bond acceptors (Lipinski definition) is 3. The van der Waals surface area contributed by atoms with Crippen LogP contribution in [-0.2, 0) is 9.59 Å². The van der Waals surface area contributed by atoms with Gasteiger partial charge in [-0.3, -0.25) is 9.59 Å². The molecule has 0 aromatic carbocycles. The van der Waals surface area contributed by atoms with Gasteiger partial charge in [-0.15, -0.1) is 0 Å². The van der Waals surface area contributed by atoms with E-state index in [4.69, 9.17) is 0 Å². The maximum atomic E-state index is 11.2. The van der Waals surface area contributed by atoms with Crippen molar-refractivity contribution in [1.82, 2.24) is 5.32 Å². The van der Waals surface area contributed by atoms with Crippen LogP contribution in [-0.4, -0.2) is 17.1 Å². The Morgan fingerprint density at radius 3 is 2.00 bits per heavy atom. The van der Waals surface area contributed by atoms with E-state index in [1.807, 2.05) is 0 Å². The van der Waals surface area contributed by atoms with E-state index in [0.717, 1.165) is 0 Å². The van der Waals surface area contributed by atoms with Gasteiger partial charge in [-0.05, 0) is 32.2 Å². The molecule has 3 nitrogen and oxygen atoms in total. The van der Waals surface area contributed by atoms with E-state index >= 15 is 0 Å². The summed E-state index contributed by atoms with van der Waals surface area (Å²) in [6, 6.07) is 0. The van der Waals surface area contributed by atoms with Crippen LogP contribution in [0, 0.1) is 0 Å². The van der Waals surface area contributed by atoms with Gasteiger partial charge in [0.1, 0.15) is 0 Å². The summed E-state index contributed by atoms with van der Waals surface area (Å²) in [7, 11) is 0. The molecule has 0 bridgehead atoms. The Bertz CT molecular complexity index is 262. The maximum absolute atomic E-state index is 11.2. The Balaban J connectivity index is 3.04. The van der Waals surface area contributed by atoms with Crippen LogP contribution in [0.2, 0.25) is 0 Å². The number of nitrogens with one attached hydrogen (secondary N) is 1. The van der Waals surface area contributed by atoms with Gasteiger partial charge in [-0.1, -0.05) is 6.08 Å². The van der Waals surface area contributed by atoms with Crippen LogP contribution in [0.15, 0.2) is 24.4 Å². The molecule has 1 heterocycles. The Kier molecular flexibility index (Phi) is 2.13. The van der Waals surface area contributed by atoms with Crippen molar-refractivity contribution in [3.63, 3.8) is 0 Å². The lowest BCUT2D eigenvalue weighted by Gasteiger charge is -2.26. The van der Waals surface area contributed by atoms with Gasteiger partial charge < -0.3 is 5.32 Å². The third kappa shape index (κ3) is 1.18. The molecule has 0 fully saturated rings. The second-order valence-corrected chi connectivity index (χ2v) is 2.78. The molecule has 12 heavy (non-hydrogen) atoms. The minimum atomic E-state index is -1.12. The van der Waals surface area contributed by atoms with Crippen LogP contribution in [0.4, 0.5) is 0 Å². The molecule has 0 aromatic rings. The fourth-order valence-corrected chi connectivity index (χ4v) is 1.17. The largest absolute Gasteiger partial charge is 0.370 e. The van der Waals surface area contributed by atoms with Gasteiger partial charge in [0, 0.05) is 0 Å². The number of carbonyl (C=O) groups excluding carboxylic acids is 2. The molecular formula is C9H11NO2. The van der Waals surface area contributed by atoms with E-state index in [1.54, 1.807) is 24.4 Å². The first-order valence-electron chi connectivity index (χ1n) is 3.74. The van der Waals surface area contributed by atoms with Gasteiger partial charge in [0.2, 0.25) is 0 Å². The maximum Gasteiger partial charge on any atom is 0.173 e. The second-order valence-electron chi connectivity index (χ2n) is 2.78. The highest BCUT2D eigenvalue weighted by atomic mass is 16.2. The Labute approximate surface area is 71.1 Å². The first kappa shape index (κ1) is 8.71. The van der Waals surface area contributed by atoms with Crippen LogP contribution >= 0.6 is 0 Å². The van der Waals surface area contributed by atoms with Crippen molar-refractivity contribution >= 4 is 11.6 Å². The molecule has 1 rings (SSSR count). The molecule has 0 unspecified atom stereocenters. The fourth-order valence-electron chi connectivity index (χ4n) is 1.17. The summed E-state index contributed by atoms with van der Waals surface area (Å²) in [5, 5.41) is 2.77. The average molecular weight is 165 g/mol. The first-order valence-corrected chi connectivity index (χ1v) is 3.74. The molecule has 64 valence electrons.